The largest absolute Gasteiger partial charge is 0.233 e. The van der Waals surface area contributed by atoms with Gasteiger partial charge in [-0.05, 0) is 6.07 Å². The van der Waals surface area contributed by atoms with Gasteiger partial charge < -0.3 is 0 Å². The summed E-state index contributed by atoms with van der Waals surface area (Å²) >= 11 is 5.69. The third-order valence-electron chi connectivity index (χ3n) is 1.74. The molecule has 0 unspecified atom stereocenters. The van der Waals surface area contributed by atoms with Crippen LogP contribution in [0, 0.1) is 17.3 Å². The van der Waals surface area contributed by atoms with Crippen molar-refractivity contribution in [3.63, 3.8) is 0 Å². The highest BCUT2D eigenvalue weighted by Crippen LogP contribution is 2.19. The Kier molecular flexibility index (Phi) is 2.02. The Morgan fingerprint density at radius 1 is 1.43 bits per heavy atom. The molecule has 0 radical (unpaired) electrons. The SMILES string of the molecule is N#Cc1cc2cc(F)ncc2nc1Cl. The third kappa shape index (κ3) is 1.38. The monoisotopic (exact) mass is 207 g/mol. The van der Waals surface area contributed by atoms with Crippen molar-refractivity contribution in [3.8, 4) is 6.07 Å². The Bertz CT molecular complexity index is 547. The summed E-state index contributed by atoms with van der Waals surface area (Å²) in [4.78, 5) is 7.33. The molecule has 0 amide bonds. The predicted octanol–water partition coefficient (Wildman–Crippen LogP) is 2.29. The zero-order valence-corrected chi connectivity index (χ0v) is 7.59. The number of hydrogen-bond donors (Lipinski definition) is 0. The highest BCUT2D eigenvalue weighted by molar-refractivity contribution is 6.31. The van der Waals surface area contributed by atoms with Gasteiger partial charge in [-0.2, -0.15) is 9.65 Å². The number of aromatic nitrogens is 2. The van der Waals surface area contributed by atoms with Gasteiger partial charge in [0.05, 0.1) is 17.3 Å². The van der Waals surface area contributed by atoms with Crippen molar-refractivity contribution in [2.75, 3.05) is 0 Å². The lowest BCUT2D eigenvalue weighted by Crippen LogP contribution is -1.88. The molecule has 0 saturated heterocycles. The molecule has 0 fully saturated rings. The molecule has 0 bridgehead atoms. The second-order valence-electron chi connectivity index (χ2n) is 2.64. The molecule has 0 spiro atoms. The Morgan fingerprint density at radius 2 is 2.21 bits per heavy atom. The van der Waals surface area contributed by atoms with Crippen LogP contribution >= 0.6 is 11.6 Å². The van der Waals surface area contributed by atoms with Crippen LogP contribution in [0.5, 0.6) is 0 Å². The number of nitriles is 1. The van der Waals surface area contributed by atoms with Gasteiger partial charge in [-0.3, -0.25) is 0 Å². The van der Waals surface area contributed by atoms with Crippen molar-refractivity contribution < 1.29 is 4.39 Å². The van der Waals surface area contributed by atoms with E-state index in [1.807, 2.05) is 6.07 Å². The van der Waals surface area contributed by atoms with Gasteiger partial charge in [-0.15, -0.1) is 0 Å². The van der Waals surface area contributed by atoms with E-state index in [1.165, 1.54) is 18.3 Å². The molecule has 2 rings (SSSR count). The highest BCUT2D eigenvalue weighted by atomic mass is 35.5. The molecule has 14 heavy (non-hydrogen) atoms. The molecule has 0 aliphatic rings. The van der Waals surface area contributed by atoms with Crippen molar-refractivity contribution in [3.05, 3.63) is 35.0 Å². The number of rotatable bonds is 0. The molecule has 2 aromatic rings. The molecule has 0 aliphatic carbocycles. The van der Waals surface area contributed by atoms with Crippen LogP contribution in [0.25, 0.3) is 10.9 Å². The van der Waals surface area contributed by atoms with Crippen LogP contribution in [-0.2, 0) is 0 Å². The maximum Gasteiger partial charge on any atom is 0.213 e. The summed E-state index contributed by atoms with van der Waals surface area (Å²) in [7, 11) is 0. The summed E-state index contributed by atoms with van der Waals surface area (Å²) < 4.78 is 12.7. The van der Waals surface area contributed by atoms with Gasteiger partial charge in [-0.25, -0.2) is 9.97 Å². The van der Waals surface area contributed by atoms with Crippen LogP contribution < -0.4 is 0 Å². The predicted molar refractivity (Wildman–Crippen MR) is 49.2 cm³/mol. The Hall–Kier alpha value is -1.73. The van der Waals surface area contributed by atoms with Gasteiger partial charge in [0, 0.05) is 11.5 Å². The fourth-order valence-electron chi connectivity index (χ4n) is 1.11. The minimum atomic E-state index is -0.606. The molecule has 0 aliphatic heterocycles. The van der Waals surface area contributed by atoms with Gasteiger partial charge in [0.25, 0.3) is 0 Å². The fourth-order valence-corrected chi connectivity index (χ4v) is 1.29. The lowest BCUT2D eigenvalue weighted by atomic mass is 10.2. The Morgan fingerprint density at radius 3 is 2.93 bits per heavy atom. The Labute approximate surface area is 83.8 Å². The van der Waals surface area contributed by atoms with Crippen LogP contribution in [0.4, 0.5) is 4.39 Å². The lowest BCUT2D eigenvalue weighted by molar-refractivity contribution is 0.586. The second-order valence-corrected chi connectivity index (χ2v) is 3.00. The van der Waals surface area contributed by atoms with Gasteiger partial charge in [0.1, 0.15) is 11.2 Å². The van der Waals surface area contributed by atoms with Crippen LogP contribution in [0.2, 0.25) is 5.15 Å². The van der Waals surface area contributed by atoms with Crippen molar-refractivity contribution >= 4 is 22.5 Å². The van der Waals surface area contributed by atoms with E-state index in [1.54, 1.807) is 0 Å². The van der Waals surface area contributed by atoms with Crippen LogP contribution in [0.15, 0.2) is 18.3 Å². The molecule has 68 valence electrons. The summed E-state index contributed by atoms with van der Waals surface area (Å²) in [6.45, 7) is 0. The van der Waals surface area contributed by atoms with E-state index in [4.69, 9.17) is 16.9 Å². The first-order valence-corrected chi connectivity index (χ1v) is 4.10. The maximum atomic E-state index is 12.7. The van der Waals surface area contributed by atoms with E-state index in [2.05, 4.69) is 9.97 Å². The summed E-state index contributed by atoms with van der Waals surface area (Å²) in [6, 6.07) is 4.56. The minimum absolute atomic E-state index is 0.105. The van der Waals surface area contributed by atoms with Crippen LogP contribution in [-0.4, -0.2) is 9.97 Å². The summed E-state index contributed by atoms with van der Waals surface area (Å²) in [5.74, 6) is -0.606. The molecule has 5 heteroatoms. The smallest absolute Gasteiger partial charge is 0.213 e. The standard InChI is InChI=1S/C9H3ClFN3/c10-9-6(3-12)1-5-2-8(11)13-4-7(5)14-9/h1-2,4H. The highest BCUT2D eigenvalue weighted by Gasteiger charge is 2.05. The second kappa shape index (κ2) is 3.20. The van der Waals surface area contributed by atoms with Crippen molar-refractivity contribution in [2.24, 2.45) is 0 Å². The van der Waals surface area contributed by atoms with Crippen molar-refractivity contribution in [1.82, 2.24) is 9.97 Å². The minimum Gasteiger partial charge on any atom is -0.233 e. The summed E-state index contributed by atoms with van der Waals surface area (Å²) in [5.41, 5.74) is 0.695. The maximum absolute atomic E-state index is 12.7. The van der Waals surface area contributed by atoms with E-state index >= 15 is 0 Å². The molecule has 0 atom stereocenters. The van der Waals surface area contributed by atoms with E-state index in [9.17, 15) is 4.39 Å². The van der Waals surface area contributed by atoms with E-state index < -0.39 is 5.95 Å². The van der Waals surface area contributed by atoms with Crippen LogP contribution in [0.3, 0.4) is 0 Å². The first-order valence-electron chi connectivity index (χ1n) is 3.72. The molecule has 0 N–H and O–H groups in total. The molecule has 0 aromatic carbocycles. The summed E-state index contributed by atoms with van der Waals surface area (Å²) in [5, 5.41) is 9.28. The first-order chi connectivity index (χ1) is 6.70. The van der Waals surface area contributed by atoms with Gasteiger partial charge in [-0.1, -0.05) is 11.6 Å². The van der Waals surface area contributed by atoms with Gasteiger partial charge >= 0.3 is 0 Å². The van der Waals surface area contributed by atoms with Gasteiger partial charge in [0.2, 0.25) is 5.95 Å². The molecular weight excluding hydrogens is 205 g/mol. The van der Waals surface area contributed by atoms with Crippen molar-refractivity contribution in [1.29, 1.82) is 5.26 Å². The summed E-state index contributed by atoms with van der Waals surface area (Å²) in [6.07, 6.45) is 1.28. The fraction of sp³-hybridized carbons (Fsp3) is 0. The average molecular weight is 208 g/mol. The van der Waals surface area contributed by atoms with E-state index in [0.29, 0.717) is 10.9 Å². The van der Waals surface area contributed by atoms with Crippen molar-refractivity contribution in [2.45, 2.75) is 0 Å². The lowest BCUT2D eigenvalue weighted by Gasteiger charge is -1.98. The normalized spacial score (nSPS) is 10.1. The number of halogens is 2. The first kappa shape index (κ1) is 8.85. The molecule has 0 saturated carbocycles. The number of fused-ring (bicyclic) bond motifs is 1. The number of hydrogen-bond acceptors (Lipinski definition) is 3. The Balaban J connectivity index is 2.82. The number of pyridine rings is 2. The molecule has 2 aromatic heterocycles. The number of nitrogens with zero attached hydrogens (tertiary/aromatic N) is 3. The van der Waals surface area contributed by atoms with Crippen LogP contribution in [0.1, 0.15) is 5.56 Å². The van der Waals surface area contributed by atoms with E-state index in [-0.39, 0.29) is 10.7 Å². The quantitative estimate of drug-likeness (QED) is 0.623. The average Bonchev–Trinajstić information content (AvgIpc) is 2.17. The zero-order valence-electron chi connectivity index (χ0n) is 6.83. The zero-order chi connectivity index (χ0) is 10.1. The molecule has 3 nitrogen and oxygen atoms in total. The van der Waals surface area contributed by atoms with Gasteiger partial charge in [0.15, 0.2) is 0 Å². The molecular formula is C9H3ClFN3. The topological polar surface area (TPSA) is 49.6 Å². The van der Waals surface area contributed by atoms with E-state index in [0.717, 1.165) is 0 Å². The third-order valence-corrected chi connectivity index (χ3v) is 2.03. The molecule has 2 heterocycles.